The fraction of sp³-hybridized carbons (Fsp3) is 0.500. The van der Waals surface area contributed by atoms with Crippen LogP contribution in [0.15, 0.2) is 48.7 Å². The van der Waals surface area contributed by atoms with E-state index < -0.39 is 0 Å². The Kier molecular flexibility index (Phi) is 7.87. The first kappa shape index (κ1) is 25.2. The average Bonchev–Trinajstić information content (AvgIpc) is 3.36. The van der Waals surface area contributed by atoms with Crippen molar-refractivity contribution in [2.24, 2.45) is 0 Å². The molecule has 192 valence electrons. The number of hydrogen-bond donors (Lipinski definition) is 0. The zero-order chi connectivity index (χ0) is 25.1. The van der Waals surface area contributed by atoms with Crippen LogP contribution in [0.3, 0.4) is 0 Å². The van der Waals surface area contributed by atoms with Crippen LogP contribution in [0.5, 0.6) is 11.5 Å². The van der Waals surface area contributed by atoms with Gasteiger partial charge in [-0.05, 0) is 81.0 Å². The normalized spacial score (nSPS) is 21.7. The lowest BCUT2D eigenvalue weighted by molar-refractivity contribution is 0.0482. The number of methoxy groups -OCH3 is 1. The fourth-order valence-electron chi connectivity index (χ4n) is 6.10. The second-order valence-electron chi connectivity index (χ2n) is 10.3. The Hall–Kier alpha value is -2.50. The summed E-state index contributed by atoms with van der Waals surface area (Å²) in [6, 6.07) is 15.0. The van der Waals surface area contributed by atoms with Crippen LogP contribution in [0.2, 0.25) is 5.02 Å². The molecule has 5 rings (SSSR count). The summed E-state index contributed by atoms with van der Waals surface area (Å²) in [5, 5.41) is 1.75. The van der Waals surface area contributed by atoms with Crippen LogP contribution in [-0.4, -0.2) is 47.1 Å². The molecule has 2 atom stereocenters. The number of piperidine rings is 1. The highest BCUT2D eigenvalue weighted by Crippen LogP contribution is 2.37. The van der Waals surface area contributed by atoms with E-state index in [1.807, 2.05) is 36.4 Å². The third-order valence-corrected chi connectivity index (χ3v) is 8.17. The highest BCUT2D eigenvalue weighted by molar-refractivity contribution is 6.30. The number of halogens is 1. The molecular formula is C30H37ClN2O3. The molecule has 2 aliphatic heterocycles. The summed E-state index contributed by atoms with van der Waals surface area (Å²) >= 11 is 6.02. The van der Waals surface area contributed by atoms with Crippen LogP contribution >= 0.6 is 11.6 Å². The predicted octanol–water partition coefficient (Wildman–Crippen LogP) is 7.14. The van der Waals surface area contributed by atoms with E-state index in [9.17, 15) is 4.79 Å². The van der Waals surface area contributed by atoms with Crippen molar-refractivity contribution in [2.75, 3.05) is 13.7 Å². The minimum atomic E-state index is 0.231. The summed E-state index contributed by atoms with van der Waals surface area (Å²) in [5.74, 6) is 1.94. The van der Waals surface area contributed by atoms with Gasteiger partial charge in [0.1, 0.15) is 17.6 Å². The van der Waals surface area contributed by atoms with Crippen LogP contribution in [0, 0.1) is 0 Å². The van der Waals surface area contributed by atoms with Gasteiger partial charge in [-0.3, -0.25) is 9.69 Å². The van der Waals surface area contributed by atoms with Crippen LogP contribution in [0.1, 0.15) is 68.6 Å². The third-order valence-electron chi connectivity index (χ3n) is 7.92. The number of benzene rings is 2. The van der Waals surface area contributed by atoms with E-state index in [4.69, 9.17) is 21.1 Å². The lowest BCUT2D eigenvalue weighted by atomic mass is 9.99. The van der Waals surface area contributed by atoms with Gasteiger partial charge in [0.25, 0.3) is 0 Å². The molecule has 0 aliphatic carbocycles. The Balaban J connectivity index is 1.22. The molecule has 1 aromatic heterocycles. The van der Waals surface area contributed by atoms with Crippen molar-refractivity contribution in [3.05, 3.63) is 59.2 Å². The Bertz CT molecular complexity index is 1170. The molecule has 2 unspecified atom stereocenters. The molecule has 6 heteroatoms. The van der Waals surface area contributed by atoms with Gasteiger partial charge >= 0.3 is 0 Å². The average molecular weight is 509 g/mol. The van der Waals surface area contributed by atoms with Gasteiger partial charge in [-0.1, -0.05) is 24.9 Å². The van der Waals surface area contributed by atoms with Gasteiger partial charge in [-0.2, -0.15) is 0 Å². The molecule has 36 heavy (non-hydrogen) atoms. The van der Waals surface area contributed by atoms with Gasteiger partial charge in [0.2, 0.25) is 0 Å². The van der Waals surface area contributed by atoms with E-state index in [1.165, 1.54) is 12.8 Å². The van der Waals surface area contributed by atoms with Gasteiger partial charge in [-0.25, -0.2) is 0 Å². The Labute approximate surface area is 219 Å². The van der Waals surface area contributed by atoms with E-state index in [0.29, 0.717) is 18.5 Å². The Morgan fingerprint density at radius 2 is 1.72 bits per heavy atom. The van der Waals surface area contributed by atoms with Gasteiger partial charge in [0.15, 0.2) is 5.78 Å². The summed E-state index contributed by atoms with van der Waals surface area (Å²) in [4.78, 5) is 15.7. The molecule has 2 aliphatic rings. The number of nitrogens with zero attached hydrogens (tertiary/aromatic N) is 2. The summed E-state index contributed by atoms with van der Waals surface area (Å²) < 4.78 is 14.0. The second-order valence-corrected chi connectivity index (χ2v) is 10.7. The first-order valence-electron chi connectivity index (χ1n) is 13.4. The summed E-state index contributed by atoms with van der Waals surface area (Å²) in [5.41, 5.74) is 1.95. The fourth-order valence-corrected chi connectivity index (χ4v) is 6.22. The van der Waals surface area contributed by atoms with E-state index >= 15 is 0 Å². The van der Waals surface area contributed by atoms with Crippen molar-refractivity contribution in [1.29, 1.82) is 0 Å². The number of aryl methyl sites for hydroxylation is 1. The third kappa shape index (κ3) is 5.42. The number of carbonyl (C=O) groups is 1. The molecule has 0 spiro atoms. The van der Waals surface area contributed by atoms with Crippen molar-refractivity contribution in [3.63, 3.8) is 0 Å². The first-order chi connectivity index (χ1) is 17.6. The summed E-state index contributed by atoms with van der Waals surface area (Å²) in [7, 11) is 1.68. The summed E-state index contributed by atoms with van der Waals surface area (Å²) in [6.07, 6.45) is 10.7. The van der Waals surface area contributed by atoms with Crippen molar-refractivity contribution in [2.45, 2.75) is 83.0 Å². The maximum absolute atomic E-state index is 12.9. The molecule has 2 bridgehead atoms. The number of ketones is 1. The van der Waals surface area contributed by atoms with E-state index in [-0.39, 0.29) is 11.9 Å². The first-order valence-corrected chi connectivity index (χ1v) is 13.8. The lowest BCUT2D eigenvalue weighted by Gasteiger charge is -2.39. The quantitative estimate of drug-likeness (QED) is 0.258. The molecule has 0 saturated carbocycles. The minimum absolute atomic E-state index is 0.231. The van der Waals surface area contributed by atoms with Crippen LogP contribution in [0.4, 0.5) is 0 Å². The monoisotopic (exact) mass is 508 g/mol. The van der Waals surface area contributed by atoms with Gasteiger partial charge < -0.3 is 14.0 Å². The zero-order valence-corrected chi connectivity index (χ0v) is 22.2. The van der Waals surface area contributed by atoms with Crippen LogP contribution < -0.4 is 9.47 Å². The molecule has 3 heterocycles. The van der Waals surface area contributed by atoms with Crippen molar-refractivity contribution >= 4 is 28.3 Å². The molecule has 2 saturated heterocycles. The number of fused-ring (bicyclic) bond motifs is 3. The second kappa shape index (κ2) is 11.3. The lowest BCUT2D eigenvalue weighted by Crippen LogP contribution is -2.46. The zero-order valence-electron chi connectivity index (χ0n) is 21.4. The highest BCUT2D eigenvalue weighted by Gasteiger charge is 2.41. The van der Waals surface area contributed by atoms with Crippen LogP contribution in [-0.2, 0) is 6.54 Å². The van der Waals surface area contributed by atoms with Crippen molar-refractivity contribution < 1.29 is 14.3 Å². The topological polar surface area (TPSA) is 43.7 Å². The maximum Gasteiger partial charge on any atom is 0.165 e. The van der Waals surface area contributed by atoms with Crippen molar-refractivity contribution in [1.82, 2.24) is 9.47 Å². The number of Topliss-reactive ketones (excluding diaryl/α,β-unsaturated/α-hetero) is 1. The molecule has 2 fully saturated rings. The number of ether oxygens (including phenoxy) is 2. The summed E-state index contributed by atoms with van der Waals surface area (Å²) in [6.45, 7) is 4.11. The van der Waals surface area contributed by atoms with E-state index in [0.717, 1.165) is 78.2 Å². The predicted molar refractivity (Wildman–Crippen MR) is 146 cm³/mol. The Morgan fingerprint density at radius 3 is 2.42 bits per heavy atom. The van der Waals surface area contributed by atoms with Crippen LogP contribution in [0.25, 0.3) is 10.9 Å². The van der Waals surface area contributed by atoms with Crippen molar-refractivity contribution in [3.8, 4) is 11.5 Å². The Morgan fingerprint density at radius 1 is 1.00 bits per heavy atom. The molecular weight excluding hydrogens is 472 g/mol. The standard InChI is InChI=1S/C30H37ClN2O3/c1-3-4-6-30(34)28-20-32(29-14-13-25(35-2)19-27(28)29)15-5-16-33-22-9-10-23(33)18-26(17-22)36-24-11-7-21(31)8-12-24/h7-8,11-14,19-20,22-23,26H,3-6,9-10,15-18H2,1-2H3. The number of rotatable bonds is 11. The smallest absolute Gasteiger partial charge is 0.165 e. The van der Waals surface area contributed by atoms with E-state index in [1.54, 1.807) is 7.11 Å². The molecule has 0 amide bonds. The van der Waals surface area contributed by atoms with Gasteiger partial charge in [0, 0.05) is 59.3 Å². The highest BCUT2D eigenvalue weighted by atomic mass is 35.5. The number of unbranched alkanes of at least 4 members (excludes halogenated alkanes) is 1. The molecule has 2 aromatic carbocycles. The minimum Gasteiger partial charge on any atom is -0.497 e. The SMILES string of the molecule is CCCCC(=O)c1cn(CCCN2C3CCC2CC(Oc2ccc(Cl)cc2)C3)c2ccc(OC)cc12. The largest absolute Gasteiger partial charge is 0.497 e. The van der Waals surface area contributed by atoms with Gasteiger partial charge in [0.05, 0.1) is 7.11 Å². The molecule has 0 radical (unpaired) electrons. The van der Waals surface area contributed by atoms with Gasteiger partial charge in [-0.15, -0.1) is 0 Å². The number of hydrogen-bond acceptors (Lipinski definition) is 4. The molecule has 0 N–H and O–H groups in total. The molecule has 5 nitrogen and oxygen atoms in total. The van der Waals surface area contributed by atoms with E-state index in [2.05, 4.69) is 28.7 Å². The maximum atomic E-state index is 12.9. The number of carbonyl (C=O) groups excluding carboxylic acids is 1. The molecule has 3 aromatic rings. The number of aromatic nitrogens is 1.